The van der Waals surface area contributed by atoms with Gasteiger partial charge in [-0.05, 0) is 37.8 Å². The maximum absolute atomic E-state index is 12.0. The first-order chi connectivity index (χ1) is 9.47. The van der Waals surface area contributed by atoms with E-state index < -0.39 is 16.1 Å². The summed E-state index contributed by atoms with van der Waals surface area (Å²) in [7, 11) is -3.78. The SMILES string of the molecule is Cc1ccc(S(=O)(=O)NC(=O)NCC2CCCC2)cc1. The molecule has 0 radical (unpaired) electrons. The lowest BCUT2D eigenvalue weighted by Crippen LogP contribution is -2.41. The highest BCUT2D eigenvalue weighted by molar-refractivity contribution is 7.90. The number of carbonyl (C=O) groups is 1. The van der Waals surface area contributed by atoms with Gasteiger partial charge in [0.2, 0.25) is 0 Å². The molecule has 1 aliphatic carbocycles. The summed E-state index contributed by atoms with van der Waals surface area (Å²) in [5.74, 6) is 0.475. The van der Waals surface area contributed by atoms with Crippen LogP contribution in [0.2, 0.25) is 0 Å². The predicted octanol–water partition coefficient (Wildman–Crippen LogP) is 2.17. The van der Waals surface area contributed by atoms with Crippen LogP contribution in [0.4, 0.5) is 4.79 Å². The van der Waals surface area contributed by atoms with E-state index in [-0.39, 0.29) is 4.90 Å². The Morgan fingerprint density at radius 3 is 2.40 bits per heavy atom. The maximum atomic E-state index is 12.0. The van der Waals surface area contributed by atoms with Crippen LogP contribution in [0.3, 0.4) is 0 Å². The van der Waals surface area contributed by atoms with E-state index in [4.69, 9.17) is 0 Å². The van der Waals surface area contributed by atoms with Crippen LogP contribution in [0.1, 0.15) is 31.2 Å². The molecule has 1 aromatic carbocycles. The Kier molecular flexibility index (Phi) is 4.65. The number of sulfonamides is 1. The summed E-state index contributed by atoms with van der Waals surface area (Å²) in [6, 6.07) is 5.72. The van der Waals surface area contributed by atoms with Crippen molar-refractivity contribution in [1.29, 1.82) is 0 Å². The maximum Gasteiger partial charge on any atom is 0.328 e. The molecule has 1 aliphatic rings. The average Bonchev–Trinajstić information content (AvgIpc) is 2.89. The summed E-state index contributed by atoms with van der Waals surface area (Å²) in [6.45, 7) is 2.41. The number of hydrogen-bond acceptors (Lipinski definition) is 3. The molecule has 20 heavy (non-hydrogen) atoms. The van der Waals surface area contributed by atoms with E-state index in [9.17, 15) is 13.2 Å². The Hall–Kier alpha value is -1.56. The summed E-state index contributed by atoms with van der Waals surface area (Å²) >= 11 is 0. The van der Waals surface area contributed by atoms with Gasteiger partial charge in [0, 0.05) is 6.54 Å². The lowest BCUT2D eigenvalue weighted by molar-refractivity contribution is 0.244. The zero-order valence-corrected chi connectivity index (χ0v) is 12.4. The molecule has 1 fully saturated rings. The van der Waals surface area contributed by atoms with Gasteiger partial charge >= 0.3 is 6.03 Å². The van der Waals surface area contributed by atoms with Gasteiger partial charge in [-0.1, -0.05) is 30.5 Å². The molecule has 0 bridgehead atoms. The van der Waals surface area contributed by atoms with Gasteiger partial charge in [-0.2, -0.15) is 0 Å². The predicted molar refractivity (Wildman–Crippen MR) is 76.9 cm³/mol. The molecule has 0 atom stereocenters. The van der Waals surface area contributed by atoms with Crippen molar-refractivity contribution in [3.8, 4) is 0 Å². The highest BCUT2D eigenvalue weighted by Crippen LogP contribution is 2.23. The number of benzene rings is 1. The lowest BCUT2D eigenvalue weighted by Gasteiger charge is -2.12. The lowest BCUT2D eigenvalue weighted by atomic mass is 10.1. The summed E-state index contributed by atoms with van der Waals surface area (Å²) in [6.07, 6.45) is 4.58. The Balaban J connectivity index is 1.90. The molecule has 6 heteroatoms. The van der Waals surface area contributed by atoms with Gasteiger partial charge in [-0.15, -0.1) is 0 Å². The minimum Gasteiger partial charge on any atom is -0.337 e. The van der Waals surface area contributed by atoms with E-state index >= 15 is 0 Å². The summed E-state index contributed by atoms with van der Waals surface area (Å²) in [5, 5.41) is 2.63. The van der Waals surface area contributed by atoms with Crippen LogP contribution < -0.4 is 10.0 Å². The van der Waals surface area contributed by atoms with Crippen LogP contribution in [0.15, 0.2) is 29.2 Å². The molecule has 0 saturated heterocycles. The number of carbonyl (C=O) groups excluding carboxylic acids is 1. The van der Waals surface area contributed by atoms with Gasteiger partial charge in [0.25, 0.3) is 10.0 Å². The van der Waals surface area contributed by atoms with Gasteiger partial charge in [0.1, 0.15) is 0 Å². The summed E-state index contributed by atoms with van der Waals surface area (Å²) in [5.41, 5.74) is 0.967. The minimum atomic E-state index is -3.78. The molecule has 2 amide bonds. The highest BCUT2D eigenvalue weighted by atomic mass is 32.2. The Morgan fingerprint density at radius 1 is 1.20 bits per heavy atom. The van der Waals surface area contributed by atoms with Crippen molar-refractivity contribution >= 4 is 16.1 Å². The number of amides is 2. The molecule has 0 aliphatic heterocycles. The second kappa shape index (κ2) is 6.26. The zero-order valence-electron chi connectivity index (χ0n) is 11.6. The van der Waals surface area contributed by atoms with E-state index in [1.807, 2.05) is 11.6 Å². The van der Waals surface area contributed by atoms with E-state index in [1.54, 1.807) is 12.1 Å². The molecular weight excluding hydrogens is 276 g/mol. The molecule has 0 unspecified atom stereocenters. The Labute approximate surface area is 119 Å². The first kappa shape index (κ1) is 14.8. The summed E-state index contributed by atoms with van der Waals surface area (Å²) in [4.78, 5) is 11.8. The van der Waals surface area contributed by atoms with Gasteiger partial charge in [-0.25, -0.2) is 17.9 Å². The molecule has 2 N–H and O–H groups in total. The fraction of sp³-hybridized carbons (Fsp3) is 0.500. The number of nitrogens with one attached hydrogen (secondary N) is 2. The molecule has 1 aromatic rings. The smallest absolute Gasteiger partial charge is 0.328 e. The zero-order chi connectivity index (χ0) is 14.6. The second-order valence-electron chi connectivity index (χ2n) is 5.28. The van der Waals surface area contributed by atoms with E-state index in [2.05, 4.69) is 5.32 Å². The van der Waals surface area contributed by atoms with Gasteiger partial charge in [-0.3, -0.25) is 0 Å². The molecule has 1 saturated carbocycles. The normalized spacial score (nSPS) is 16.1. The van der Waals surface area contributed by atoms with E-state index in [1.165, 1.54) is 25.0 Å². The molecular formula is C14H20N2O3S. The third kappa shape index (κ3) is 3.96. The largest absolute Gasteiger partial charge is 0.337 e. The van der Waals surface area contributed by atoms with Crippen molar-refractivity contribution in [1.82, 2.24) is 10.0 Å². The van der Waals surface area contributed by atoms with Crippen LogP contribution in [0.25, 0.3) is 0 Å². The van der Waals surface area contributed by atoms with Gasteiger partial charge in [0.15, 0.2) is 0 Å². The quantitative estimate of drug-likeness (QED) is 0.894. The van der Waals surface area contributed by atoms with Crippen molar-refractivity contribution < 1.29 is 13.2 Å². The fourth-order valence-electron chi connectivity index (χ4n) is 2.39. The topological polar surface area (TPSA) is 75.3 Å². The van der Waals surface area contributed by atoms with Crippen LogP contribution in [-0.2, 0) is 10.0 Å². The first-order valence-electron chi connectivity index (χ1n) is 6.85. The van der Waals surface area contributed by atoms with Crippen LogP contribution in [0, 0.1) is 12.8 Å². The third-order valence-corrected chi connectivity index (χ3v) is 4.93. The van der Waals surface area contributed by atoms with Crippen LogP contribution in [-0.4, -0.2) is 21.0 Å². The second-order valence-corrected chi connectivity index (χ2v) is 6.96. The molecule has 0 spiro atoms. The van der Waals surface area contributed by atoms with Crippen LogP contribution >= 0.6 is 0 Å². The Bertz CT molecular complexity index is 561. The number of aryl methyl sites for hydroxylation is 1. The van der Waals surface area contributed by atoms with Crippen LogP contribution in [0.5, 0.6) is 0 Å². The van der Waals surface area contributed by atoms with Gasteiger partial charge < -0.3 is 5.32 Å². The van der Waals surface area contributed by atoms with Crippen molar-refractivity contribution in [3.05, 3.63) is 29.8 Å². The molecule has 2 rings (SSSR count). The summed E-state index contributed by atoms with van der Waals surface area (Å²) < 4.78 is 26.0. The fourth-order valence-corrected chi connectivity index (χ4v) is 3.31. The number of rotatable bonds is 4. The minimum absolute atomic E-state index is 0.0964. The number of urea groups is 1. The van der Waals surface area contributed by atoms with Crippen molar-refractivity contribution in [2.24, 2.45) is 5.92 Å². The van der Waals surface area contributed by atoms with Crippen molar-refractivity contribution in [2.75, 3.05) is 6.54 Å². The van der Waals surface area contributed by atoms with E-state index in [0.717, 1.165) is 18.4 Å². The van der Waals surface area contributed by atoms with Gasteiger partial charge in [0.05, 0.1) is 4.90 Å². The molecule has 0 aromatic heterocycles. The van der Waals surface area contributed by atoms with E-state index in [0.29, 0.717) is 12.5 Å². The standard InChI is InChI=1S/C14H20N2O3S/c1-11-6-8-13(9-7-11)20(18,19)16-14(17)15-10-12-4-2-3-5-12/h6-9,12H,2-5,10H2,1H3,(H2,15,16,17). The highest BCUT2D eigenvalue weighted by Gasteiger charge is 2.19. The third-order valence-electron chi connectivity index (χ3n) is 3.58. The average molecular weight is 296 g/mol. The monoisotopic (exact) mass is 296 g/mol. The molecule has 110 valence electrons. The Morgan fingerprint density at radius 2 is 1.80 bits per heavy atom. The van der Waals surface area contributed by atoms with Crippen molar-refractivity contribution in [3.63, 3.8) is 0 Å². The van der Waals surface area contributed by atoms with Crippen molar-refractivity contribution in [2.45, 2.75) is 37.5 Å². The first-order valence-corrected chi connectivity index (χ1v) is 8.33. The molecule has 5 nitrogen and oxygen atoms in total. The number of hydrogen-bond donors (Lipinski definition) is 2. The molecule has 0 heterocycles.